The molecule has 1 heterocycles. The Labute approximate surface area is 140 Å². The van der Waals surface area contributed by atoms with Crippen molar-refractivity contribution in [2.24, 2.45) is 0 Å². The van der Waals surface area contributed by atoms with Crippen molar-refractivity contribution in [2.45, 2.75) is 26.7 Å². The van der Waals surface area contributed by atoms with Crippen LogP contribution in [0.2, 0.25) is 0 Å². The number of rotatable bonds is 8. The van der Waals surface area contributed by atoms with Gasteiger partial charge in [-0.2, -0.15) is 0 Å². The van der Waals surface area contributed by atoms with Gasteiger partial charge in [0.15, 0.2) is 5.82 Å². The number of nitrogens with zero attached hydrogens (tertiary/aromatic N) is 1. The SMILES string of the molecule is CCOc1ccc(CC(=O)NCCC(=O)Nc2cc(C)on2)cc1. The first-order valence-corrected chi connectivity index (χ1v) is 7.78. The van der Waals surface area contributed by atoms with Gasteiger partial charge in [-0.05, 0) is 31.5 Å². The average Bonchev–Trinajstić information content (AvgIpc) is 2.94. The van der Waals surface area contributed by atoms with Crippen molar-refractivity contribution >= 4 is 17.6 Å². The summed E-state index contributed by atoms with van der Waals surface area (Å²) in [7, 11) is 0. The number of amides is 2. The first kappa shape index (κ1) is 17.5. The van der Waals surface area contributed by atoms with Gasteiger partial charge in [0.1, 0.15) is 11.5 Å². The van der Waals surface area contributed by atoms with Gasteiger partial charge in [-0.25, -0.2) is 0 Å². The van der Waals surface area contributed by atoms with Gasteiger partial charge in [0.05, 0.1) is 13.0 Å². The second kappa shape index (κ2) is 8.71. The molecule has 24 heavy (non-hydrogen) atoms. The van der Waals surface area contributed by atoms with Crippen molar-refractivity contribution in [3.8, 4) is 5.75 Å². The molecule has 0 saturated carbocycles. The zero-order valence-electron chi connectivity index (χ0n) is 13.8. The van der Waals surface area contributed by atoms with Crippen LogP contribution in [0.3, 0.4) is 0 Å². The highest BCUT2D eigenvalue weighted by atomic mass is 16.5. The van der Waals surface area contributed by atoms with Crippen LogP contribution in [0.1, 0.15) is 24.7 Å². The van der Waals surface area contributed by atoms with E-state index in [0.29, 0.717) is 18.2 Å². The number of aryl methyl sites for hydroxylation is 1. The van der Waals surface area contributed by atoms with Crippen LogP contribution < -0.4 is 15.4 Å². The predicted molar refractivity (Wildman–Crippen MR) is 88.8 cm³/mol. The Kier molecular flexibility index (Phi) is 6.36. The number of anilines is 1. The van der Waals surface area contributed by atoms with Crippen LogP contribution in [-0.4, -0.2) is 30.1 Å². The molecule has 2 rings (SSSR count). The number of ether oxygens (including phenoxy) is 1. The highest BCUT2D eigenvalue weighted by Gasteiger charge is 2.08. The Morgan fingerprint density at radius 2 is 1.96 bits per heavy atom. The maximum atomic E-state index is 11.9. The molecule has 2 amide bonds. The lowest BCUT2D eigenvalue weighted by Gasteiger charge is -2.06. The molecule has 128 valence electrons. The number of hydrogen-bond acceptors (Lipinski definition) is 5. The van der Waals surface area contributed by atoms with E-state index in [0.717, 1.165) is 11.3 Å². The largest absolute Gasteiger partial charge is 0.494 e. The van der Waals surface area contributed by atoms with Crippen LogP contribution >= 0.6 is 0 Å². The number of benzene rings is 1. The van der Waals surface area contributed by atoms with Gasteiger partial charge in [0.25, 0.3) is 0 Å². The van der Waals surface area contributed by atoms with Crippen LogP contribution in [0.4, 0.5) is 5.82 Å². The molecule has 1 aromatic carbocycles. The van der Waals surface area contributed by atoms with Crippen molar-refractivity contribution < 1.29 is 18.8 Å². The van der Waals surface area contributed by atoms with E-state index in [1.165, 1.54) is 0 Å². The summed E-state index contributed by atoms with van der Waals surface area (Å²) in [6.45, 7) is 4.53. The standard InChI is InChI=1S/C17H21N3O4/c1-3-23-14-6-4-13(5-7-14)11-17(22)18-9-8-16(21)19-15-10-12(2)24-20-15/h4-7,10H,3,8-9,11H2,1-2H3,(H,18,22)(H,19,20,21). The smallest absolute Gasteiger partial charge is 0.227 e. The molecule has 7 nitrogen and oxygen atoms in total. The first-order chi connectivity index (χ1) is 11.6. The molecule has 0 aliphatic carbocycles. The van der Waals surface area contributed by atoms with Gasteiger partial charge in [-0.1, -0.05) is 17.3 Å². The summed E-state index contributed by atoms with van der Waals surface area (Å²) in [5, 5.41) is 8.98. The van der Waals surface area contributed by atoms with Gasteiger partial charge in [-0.15, -0.1) is 0 Å². The van der Waals surface area contributed by atoms with Gasteiger partial charge in [0.2, 0.25) is 11.8 Å². The Balaban J connectivity index is 1.68. The van der Waals surface area contributed by atoms with E-state index in [1.54, 1.807) is 13.0 Å². The third-order valence-electron chi connectivity index (χ3n) is 3.17. The van der Waals surface area contributed by atoms with Crippen LogP contribution in [0.15, 0.2) is 34.9 Å². The Bertz CT molecular complexity index is 679. The lowest BCUT2D eigenvalue weighted by atomic mass is 10.1. The van der Waals surface area contributed by atoms with E-state index in [2.05, 4.69) is 15.8 Å². The van der Waals surface area contributed by atoms with Crippen molar-refractivity contribution in [2.75, 3.05) is 18.5 Å². The zero-order chi connectivity index (χ0) is 17.4. The lowest BCUT2D eigenvalue weighted by molar-refractivity contribution is -0.120. The summed E-state index contributed by atoms with van der Waals surface area (Å²) >= 11 is 0. The second-order valence-corrected chi connectivity index (χ2v) is 5.22. The summed E-state index contributed by atoms with van der Waals surface area (Å²) < 4.78 is 10.2. The maximum Gasteiger partial charge on any atom is 0.227 e. The van der Waals surface area contributed by atoms with Crippen molar-refractivity contribution in [3.05, 3.63) is 41.7 Å². The Morgan fingerprint density at radius 3 is 2.58 bits per heavy atom. The van der Waals surface area contributed by atoms with E-state index < -0.39 is 0 Å². The van der Waals surface area contributed by atoms with E-state index in [4.69, 9.17) is 9.26 Å². The third-order valence-corrected chi connectivity index (χ3v) is 3.17. The fraction of sp³-hybridized carbons (Fsp3) is 0.353. The Hall–Kier alpha value is -2.83. The fourth-order valence-electron chi connectivity index (χ4n) is 2.06. The third kappa shape index (κ3) is 5.75. The molecule has 0 spiro atoms. The maximum absolute atomic E-state index is 11.9. The van der Waals surface area contributed by atoms with E-state index in [1.807, 2.05) is 31.2 Å². The van der Waals surface area contributed by atoms with Crippen molar-refractivity contribution in [1.82, 2.24) is 10.5 Å². The van der Waals surface area contributed by atoms with Crippen LogP contribution in [0.25, 0.3) is 0 Å². The van der Waals surface area contributed by atoms with Crippen LogP contribution in [-0.2, 0) is 16.0 Å². The summed E-state index contributed by atoms with van der Waals surface area (Å²) in [5.41, 5.74) is 0.887. The molecule has 0 unspecified atom stereocenters. The minimum absolute atomic E-state index is 0.135. The van der Waals surface area contributed by atoms with E-state index in [9.17, 15) is 9.59 Å². The van der Waals surface area contributed by atoms with Gasteiger partial charge in [0, 0.05) is 19.0 Å². The average molecular weight is 331 g/mol. The highest BCUT2D eigenvalue weighted by Crippen LogP contribution is 2.12. The molecule has 0 radical (unpaired) electrons. The summed E-state index contributed by atoms with van der Waals surface area (Å²) in [5.74, 6) is 1.41. The number of nitrogens with one attached hydrogen (secondary N) is 2. The van der Waals surface area contributed by atoms with E-state index >= 15 is 0 Å². The summed E-state index contributed by atoms with van der Waals surface area (Å²) in [4.78, 5) is 23.6. The molecule has 0 aliphatic rings. The van der Waals surface area contributed by atoms with Gasteiger partial charge in [-0.3, -0.25) is 9.59 Å². The molecule has 2 aromatic rings. The van der Waals surface area contributed by atoms with Gasteiger partial charge >= 0.3 is 0 Å². The molecule has 0 atom stereocenters. The van der Waals surface area contributed by atoms with E-state index in [-0.39, 0.29) is 31.2 Å². The second-order valence-electron chi connectivity index (χ2n) is 5.22. The van der Waals surface area contributed by atoms with Gasteiger partial charge < -0.3 is 19.9 Å². The van der Waals surface area contributed by atoms with Crippen LogP contribution in [0.5, 0.6) is 5.75 Å². The molecule has 0 saturated heterocycles. The summed E-state index contributed by atoms with van der Waals surface area (Å²) in [6, 6.07) is 9.00. The first-order valence-electron chi connectivity index (χ1n) is 7.78. The van der Waals surface area contributed by atoms with Crippen molar-refractivity contribution in [3.63, 3.8) is 0 Å². The summed E-state index contributed by atoms with van der Waals surface area (Å²) in [6.07, 6.45) is 0.428. The zero-order valence-corrected chi connectivity index (χ0v) is 13.8. The molecular formula is C17H21N3O4. The molecule has 0 bridgehead atoms. The fourth-order valence-corrected chi connectivity index (χ4v) is 2.06. The molecule has 1 aromatic heterocycles. The highest BCUT2D eigenvalue weighted by molar-refractivity contribution is 5.90. The molecule has 7 heteroatoms. The molecule has 0 fully saturated rings. The van der Waals surface area contributed by atoms with Crippen LogP contribution in [0, 0.1) is 6.92 Å². The normalized spacial score (nSPS) is 10.2. The minimum atomic E-state index is -0.232. The predicted octanol–water partition coefficient (Wildman–Crippen LogP) is 2.07. The molecule has 2 N–H and O–H groups in total. The number of carbonyl (C=O) groups excluding carboxylic acids is 2. The lowest BCUT2D eigenvalue weighted by Crippen LogP contribution is -2.28. The minimum Gasteiger partial charge on any atom is -0.494 e. The number of carbonyl (C=O) groups is 2. The monoisotopic (exact) mass is 331 g/mol. The molecule has 0 aliphatic heterocycles. The quantitative estimate of drug-likeness (QED) is 0.772. The Morgan fingerprint density at radius 1 is 1.21 bits per heavy atom. The number of aromatic nitrogens is 1. The topological polar surface area (TPSA) is 93.5 Å². The number of hydrogen-bond donors (Lipinski definition) is 2. The van der Waals surface area contributed by atoms with Crippen molar-refractivity contribution in [1.29, 1.82) is 0 Å². The molecular weight excluding hydrogens is 310 g/mol.